The number of carbonyl (C=O) groups excluding carboxylic acids is 1. The van der Waals surface area contributed by atoms with Crippen molar-refractivity contribution in [3.05, 3.63) is 40.0 Å². The number of fused-ring (bicyclic) bond motifs is 1. The molecule has 11 heteroatoms. The van der Waals surface area contributed by atoms with Gasteiger partial charge in [0, 0.05) is 30.5 Å². The summed E-state index contributed by atoms with van der Waals surface area (Å²) in [5, 5.41) is 0.619. The number of aromatic nitrogens is 1. The Morgan fingerprint density at radius 1 is 1.24 bits per heavy atom. The zero-order valence-electron chi connectivity index (χ0n) is 17.9. The number of hydrogen-bond donors (Lipinski definition) is 0. The lowest BCUT2D eigenvalue weighted by Gasteiger charge is -2.60. The van der Waals surface area contributed by atoms with E-state index in [0.29, 0.717) is 54.7 Å². The molecule has 3 fully saturated rings. The number of ether oxygens (including phenoxy) is 1. The molecule has 3 atom stereocenters. The highest BCUT2D eigenvalue weighted by Crippen LogP contribution is 2.53. The molecule has 4 aliphatic rings. The highest BCUT2D eigenvalue weighted by Gasteiger charge is 2.58. The third kappa shape index (κ3) is 3.30. The van der Waals surface area contributed by atoms with E-state index in [2.05, 4.69) is 4.98 Å². The predicted octanol–water partition coefficient (Wildman–Crippen LogP) is 3.18. The van der Waals surface area contributed by atoms with Crippen LogP contribution in [0, 0.1) is 11.2 Å². The van der Waals surface area contributed by atoms with Crippen molar-refractivity contribution in [3.63, 3.8) is 0 Å². The molecule has 1 amide bonds. The Bertz CT molecular complexity index is 1240. The minimum absolute atomic E-state index is 0.0271. The number of rotatable bonds is 4. The molecule has 1 aromatic heterocycles. The molecule has 1 spiro atoms. The fraction of sp³-hybridized carbons (Fsp3) is 0.545. The van der Waals surface area contributed by atoms with Gasteiger partial charge in [-0.15, -0.1) is 11.3 Å². The molecule has 3 heterocycles. The number of alkyl halides is 1. The minimum Gasteiger partial charge on any atom is -0.474 e. The maximum atomic E-state index is 14.0. The van der Waals surface area contributed by atoms with Crippen LogP contribution in [-0.2, 0) is 10.0 Å². The smallest absolute Gasteiger partial charge is 0.270 e. The molecular formula is C22H23F2N3O4S2. The number of benzene rings is 1. The summed E-state index contributed by atoms with van der Waals surface area (Å²) in [5.74, 6) is -0.828. The average molecular weight is 496 g/mol. The van der Waals surface area contributed by atoms with Crippen LogP contribution >= 0.6 is 11.3 Å². The Hall–Kier alpha value is -2.11. The van der Waals surface area contributed by atoms with Gasteiger partial charge in [-0.3, -0.25) is 4.79 Å². The Kier molecular flexibility index (Phi) is 4.67. The zero-order valence-corrected chi connectivity index (χ0v) is 19.5. The van der Waals surface area contributed by atoms with Crippen molar-refractivity contribution in [2.45, 2.75) is 55.3 Å². The SMILES string of the molecule is C[C@@H]1COc2nc([C@@H]3C[C@@H]3F)sc2C(=O)N1C1CC2(C1)CN(S(=O)(=O)c1ccccc1F)C2. The van der Waals surface area contributed by atoms with E-state index in [1.54, 1.807) is 0 Å². The van der Waals surface area contributed by atoms with Gasteiger partial charge in [-0.2, -0.15) is 4.31 Å². The van der Waals surface area contributed by atoms with E-state index in [9.17, 15) is 22.0 Å². The first-order valence-electron chi connectivity index (χ1n) is 11.0. The maximum Gasteiger partial charge on any atom is 0.270 e. The molecule has 6 rings (SSSR count). The molecule has 176 valence electrons. The molecule has 2 aliphatic carbocycles. The molecule has 2 aromatic rings. The third-order valence-electron chi connectivity index (χ3n) is 7.22. The quantitative estimate of drug-likeness (QED) is 0.651. The first-order chi connectivity index (χ1) is 15.7. The summed E-state index contributed by atoms with van der Waals surface area (Å²) >= 11 is 1.22. The number of carbonyl (C=O) groups is 1. The van der Waals surface area contributed by atoms with Gasteiger partial charge in [-0.25, -0.2) is 22.2 Å². The van der Waals surface area contributed by atoms with Crippen molar-refractivity contribution in [1.29, 1.82) is 0 Å². The highest BCUT2D eigenvalue weighted by atomic mass is 32.2. The maximum absolute atomic E-state index is 14.0. The standard InChI is InChI=1S/C22H23F2N3O4S2/c1-12-9-31-19-18(32-20(25-19)14-6-16(14)24)21(28)27(12)13-7-22(8-13)10-26(11-22)33(29,30)17-5-3-2-4-15(17)23/h2-5,12-14,16H,6-11H2,1H3/t12-,14-,16+/m1/s1. The van der Waals surface area contributed by atoms with E-state index >= 15 is 0 Å². The molecule has 0 bridgehead atoms. The van der Waals surface area contributed by atoms with E-state index in [0.717, 1.165) is 6.07 Å². The van der Waals surface area contributed by atoms with Crippen molar-refractivity contribution < 1.29 is 26.7 Å². The van der Waals surface area contributed by atoms with E-state index in [1.165, 1.54) is 33.8 Å². The van der Waals surface area contributed by atoms with Crippen LogP contribution in [0.3, 0.4) is 0 Å². The number of halogens is 2. The van der Waals surface area contributed by atoms with Crippen LogP contribution in [0.2, 0.25) is 0 Å². The topological polar surface area (TPSA) is 79.8 Å². The third-order valence-corrected chi connectivity index (χ3v) is 10.2. The van der Waals surface area contributed by atoms with Gasteiger partial charge in [0.25, 0.3) is 5.91 Å². The van der Waals surface area contributed by atoms with Gasteiger partial charge in [-0.1, -0.05) is 12.1 Å². The van der Waals surface area contributed by atoms with Crippen LogP contribution in [0.15, 0.2) is 29.2 Å². The summed E-state index contributed by atoms with van der Waals surface area (Å²) in [6, 6.07) is 5.22. The van der Waals surface area contributed by atoms with Crippen LogP contribution in [-0.4, -0.2) is 66.5 Å². The van der Waals surface area contributed by atoms with Crippen LogP contribution in [0.1, 0.15) is 46.8 Å². The number of amides is 1. The molecule has 2 saturated carbocycles. The fourth-order valence-electron chi connectivity index (χ4n) is 5.32. The second kappa shape index (κ2) is 7.19. The summed E-state index contributed by atoms with van der Waals surface area (Å²) in [7, 11) is -3.87. The Morgan fingerprint density at radius 3 is 2.61 bits per heavy atom. The van der Waals surface area contributed by atoms with Gasteiger partial charge in [0.05, 0.1) is 6.04 Å². The predicted molar refractivity (Wildman–Crippen MR) is 116 cm³/mol. The molecule has 1 aromatic carbocycles. The van der Waals surface area contributed by atoms with E-state index in [1.807, 2.05) is 11.8 Å². The molecule has 7 nitrogen and oxygen atoms in total. The van der Waals surface area contributed by atoms with Crippen LogP contribution in [0.5, 0.6) is 5.88 Å². The molecular weight excluding hydrogens is 472 g/mol. The number of thiazole rings is 1. The molecule has 0 radical (unpaired) electrons. The van der Waals surface area contributed by atoms with E-state index in [-0.39, 0.29) is 34.2 Å². The van der Waals surface area contributed by atoms with Crippen molar-refractivity contribution in [1.82, 2.24) is 14.2 Å². The first kappa shape index (κ1) is 21.4. The zero-order chi connectivity index (χ0) is 23.1. The first-order valence-corrected chi connectivity index (χ1v) is 13.3. The van der Waals surface area contributed by atoms with Gasteiger partial charge < -0.3 is 9.64 Å². The normalized spacial score (nSPS) is 29.1. The van der Waals surface area contributed by atoms with E-state index < -0.39 is 22.0 Å². The number of hydrogen-bond acceptors (Lipinski definition) is 6. The van der Waals surface area contributed by atoms with Gasteiger partial charge in [0.15, 0.2) is 4.88 Å². The molecule has 33 heavy (non-hydrogen) atoms. The summed E-state index contributed by atoms with van der Waals surface area (Å²) in [6.07, 6.45) is 0.919. The van der Waals surface area contributed by atoms with Gasteiger partial charge in [-0.05, 0) is 38.3 Å². The lowest BCUT2D eigenvalue weighted by molar-refractivity contribution is -0.0755. The van der Waals surface area contributed by atoms with Crippen LogP contribution in [0.25, 0.3) is 0 Å². The fourth-order valence-corrected chi connectivity index (χ4v) is 8.16. The molecule has 0 N–H and O–H groups in total. The summed E-state index contributed by atoms with van der Waals surface area (Å²) in [4.78, 5) is 19.7. The molecule has 2 aliphatic heterocycles. The van der Waals surface area contributed by atoms with E-state index in [4.69, 9.17) is 4.74 Å². The number of nitrogens with zero attached hydrogens (tertiary/aromatic N) is 3. The van der Waals surface area contributed by atoms with Crippen LogP contribution in [0.4, 0.5) is 8.78 Å². The summed E-state index contributed by atoms with van der Waals surface area (Å²) in [6.45, 7) is 2.88. The van der Waals surface area contributed by atoms with Crippen molar-refractivity contribution in [3.8, 4) is 5.88 Å². The Morgan fingerprint density at radius 2 is 1.94 bits per heavy atom. The van der Waals surface area contributed by atoms with Crippen molar-refractivity contribution in [2.24, 2.45) is 5.41 Å². The lowest BCUT2D eigenvalue weighted by atomic mass is 9.61. The summed E-state index contributed by atoms with van der Waals surface area (Å²) in [5.41, 5.74) is -0.187. The summed E-state index contributed by atoms with van der Waals surface area (Å²) < 4.78 is 60.2. The average Bonchev–Trinajstić information content (AvgIpc) is 3.31. The highest BCUT2D eigenvalue weighted by molar-refractivity contribution is 7.89. The lowest BCUT2D eigenvalue weighted by Crippen LogP contribution is -2.68. The Labute approximate surface area is 194 Å². The van der Waals surface area contributed by atoms with Gasteiger partial charge in [0.1, 0.15) is 28.5 Å². The largest absolute Gasteiger partial charge is 0.474 e. The monoisotopic (exact) mass is 495 g/mol. The molecule has 1 saturated heterocycles. The Balaban J connectivity index is 1.15. The molecule has 0 unspecified atom stereocenters. The van der Waals surface area contributed by atoms with Crippen molar-refractivity contribution in [2.75, 3.05) is 19.7 Å². The van der Waals surface area contributed by atoms with Gasteiger partial charge in [0.2, 0.25) is 15.9 Å². The van der Waals surface area contributed by atoms with Crippen molar-refractivity contribution >= 4 is 27.3 Å². The second-order valence-electron chi connectivity index (χ2n) is 9.68. The second-order valence-corrected chi connectivity index (χ2v) is 12.6. The van der Waals surface area contributed by atoms with Crippen LogP contribution < -0.4 is 4.74 Å². The van der Waals surface area contributed by atoms with Gasteiger partial charge >= 0.3 is 0 Å². The number of sulfonamides is 1. The minimum atomic E-state index is -3.87.